The van der Waals surface area contributed by atoms with E-state index in [9.17, 15) is 4.39 Å². The molecule has 98 valence electrons. The number of rotatable bonds is 3. The minimum atomic E-state index is -0.711. The quantitative estimate of drug-likeness (QED) is 0.851. The molecule has 3 nitrogen and oxygen atoms in total. The van der Waals surface area contributed by atoms with Gasteiger partial charge in [0.15, 0.2) is 0 Å². The van der Waals surface area contributed by atoms with Crippen LogP contribution in [0.4, 0.5) is 4.39 Å². The van der Waals surface area contributed by atoms with Crippen molar-refractivity contribution in [3.63, 3.8) is 0 Å². The Hall–Kier alpha value is -0.580. The summed E-state index contributed by atoms with van der Waals surface area (Å²) in [5.74, 6) is 0.744. The van der Waals surface area contributed by atoms with Gasteiger partial charge in [-0.3, -0.25) is 9.88 Å². The van der Waals surface area contributed by atoms with Gasteiger partial charge in [-0.1, -0.05) is 0 Å². The third kappa shape index (κ3) is 4.66. The fraction of sp³-hybridized carbons (Fsp3) is 0.545. The summed E-state index contributed by atoms with van der Waals surface area (Å²) in [6.07, 6.45) is 3.22. The molecule has 0 spiro atoms. The van der Waals surface area contributed by atoms with Crippen LogP contribution in [0.25, 0.3) is 0 Å². The smallest absolute Gasteiger partial charge is 0.137 e. The molecule has 0 aliphatic carbocycles. The predicted molar refractivity (Wildman–Crippen MR) is 70.2 cm³/mol. The minimum absolute atomic E-state index is 0. The van der Waals surface area contributed by atoms with Crippen molar-refractivity contribution >= 4 is 24.8 Å². The number of ether oxygens (including phenoxy) is 1. The van der Waals surface area contributed by atoms with Crippen LogP contribution in [0.5, 0.6) is 5.75 Å². The molecule has 6 heteroatoms. The Labute approximate surface area is 113 Å². The zero-order valence-electron chi connectivity index (χ0n) is 9.58. The zero-order chi connectivity index (χ0) is 10.7. The highest BCUT2D eigenvalue weighted by molar-refractivity contribution is 5.85. The number of hydrogen-bond acceptors (Lipinski definition) is 3. The van der Waals surface area contributed by atoms with Gasteiger partial charge in [-0.15, -0.1) is 24.8 Å². The van der Waals surface area contributed by atoms with Crippen LogP contribution in [0.1, 0.15) is 6.42 Å². The van der Waals surface area contributed by atoms with Crippen molar-refractivity contribution in [2.24, 2.45) is 0 Å². The van der Waals surface area contributed by atoms with E-state index in [1.165, 1.54) is 0 Å². The molecule has 2 rings (SSSR count). The highest BCUT2D eigenvalue weighted by Gasteiger charge is 2.29. The average molecular weight is 283 g/mol. The van der Waals surface area contributed by atoms with E-state index in [1.54, 1.807) is 12.4 Å². The van der Waals surface area contributed by atoms with Gasteiger partial charge in [-0.05, 0) is 25.6 Å². The fourth-order valence-corrected chi connectivity index (χ4v) is 1.83. The molecule has 0 bridgehead atoms. The lowest BCUT2D eigenvalue weighted by Gasteiger charge is -2.18. The molecule has 0 aromatic carbocycles. The second-order valence-electron chi connectivity index (χ2n) is 3.93. The number of likely N-dealkylation sites (N-methyl/N-ethyl adjacent to an activating group) is 1. The summed E-state index contributed by atoms with van der Waals surface area (Å²) in [7, 11) is 1.93. The van der Waals surface area contributed by atoms with Gasteiger partial charge in [0.25, 0.3) is 0 Å². The number of pyridine rings is 1. The summed E-state index contributed by atoms with van der Waals surface area (Å²) in [6, 6.07) is 3.86. The second kappa shape index (κ2) is 7.69. The first-order valence-electron chi connectivity index (χ1n) is 5.13. The minimum Gasteiger partial charge on any atom is -0.490 e. The average Bonchev–Trinajstić information content (AvgIpc) is 2.56. The SMILES string of the molecule is CN1CC(F)CC1COc1cccnc1.Cl.Cl. The summed E-state index contributed by atoms with van der Waals surface area (Å²) in [5, 5.41) is 0. The van der Waals surface area contributed by atoms with E-state index in [2.05, 4.69) is 4.98 Å². The van der Waals surface area contributed by atoms with Gasteiger partial charge in [-0.25, -0.2) is 4.39 Å². The Balaban J connectivity index is 0.00000128. The summed E-state index contributed by atoms with van der Waals surface area (Å²) < 4.78 is 18.6. The molecule has 1 aliphatic heterocycles. The van der Waals surface area contributed by atoms with E-state index in [-0.39, 0.29) is 30.9 Å². The lowest BCUT2D eigenvalue weighted by atomic mass is 10.2. The van der Waals surface area contributed by atoms with Crippen molar-refractivity contribution in [3.8, 4) is 5.75 Å². The number of hydrogen-bond donors (Lipinski definition) is 0. The molecular weight excluding hydrogens is 266 g/mol. The predicted octanol–water partition coefficient (Wildman–Crippen LogP) is 2.35. The summed E-state index contributed by atoms with van der Waals surface area (Å²) in [4.78, 5) is 5.95. The van der Waals surface area contributed by atoms with Crippen molar-refractivity contribution in [2.75, 3.05) is 20.2 Å². The second-order valence-corrected chi connectivity index (χ2v) is 3.93. The van der Waals surface area contributed by atoms with Crippen LogP contribution < -0.4 is 4.74 Å². The maximum absolute atomic E-state index is 13.0. The number of alkyl halides is 1. The molecular formula is C11H17Cl2FN2O. The number of halogens is 3. The largest absolute Gasteiger partial charge is 0.490 e. The maximum Gasteiger partial charge on any atom is 0.137 e. The van der Waals surface area contributed by atoms with Gasteiger partial charge in [0, 0.05) is 18.8 Å². The third-order valence-electron chi connectivity index (χ3n) is 2.71. The monoisotopic (exact) mass is 282 g/mol. The highest BCUT2D eigenvalue weighted by Crippen LogP contribution is 2.19. The van der Waals surface area contributed by atoms with Gasteiger partial charge in [0.2, 0.25) is 0 Å². The van der Waals surface area contributed by atoms with E-state index in [1.807, 2.05) is 24.1 Å². The van der Waals surface area contributed by atoms with E-state index in [0.717, 1.165) is 5.75 Å². The molecule has 1 aliphatic rings. The Morgan fingerprint density at radius 3 is 2.82 bits per heavy atom. The Bertz CT molecular complexity index is 316. The van der Waals surface area contributed by atoms with Gasteiger partial charge >= 0.3 is 0 Å². The molecule has 1 saturated heterocycles. The van der Waals surface area contributed by atoms with Crippen LogP contribution in [0.2, 0.25) is 0 Å². The number of likely N-dealkylation sites (tertiary alicyclic amines) is 1. The molecule has 0 saturated carbocycles. The van der Waals surface area contributed by atoms with E-state index < -0.39 is 6.17 Å². The topological polar surface area (TPSA) is 25.4 Å². The summed E-state index contributed by atoms with van der Waals surface area (Å²) in [5.41, 5.74) is 0. The van der Waals surface area contributed by atoms with Crippen LogP contribution in [-0.2, 0) is 0 Å². The first-order valence-corrected chi connectivity index (χ1v) is 5.13. The third-order valence-corrected chi connectivity index (χ3v) is 2.71. The molecule has 2 heterocycles. The summed E-state index contributed by atoms with van der Waals surface area (Å²) >= 11 is 0. The molecule has 0 amide bonds. The molecule has 1 aromatic rings. The van der Waals surface area contributed by atoms with Crippen molar-refractivity contribution in [1.29, 1.82) is 0 Å². The van der Waals surface area contributed by atoms with Crippen LogP contribution in [-0.4, -0.2) is 42.3 Å². The lowest BCUT2D eigenvalue weighted by Crippen LogP contribution is -2.30. The van der Waals surface area contributed by atoms with E-state index >= 15 is 0 Å². The molecule has 2 atom stereocenters. The van der Waals surface area contributed by atoms with Crippen LogP contribution in [0.15, 0.2) is 24.5 Å². The molecule has 2 unspecified atom stereocenters. The van der Waals surface area contributed by atoms with Crippen molar-refractivity contribution in [1.82, 2.24) is 9.88 Å². The Morgan fingerprint density at radius 2 is 2.29 bits per heavy atom. The fourth-order valence-electron chi connectivity index (χ4n) is 1.83. The Morgan fingerprint density at radius 1 is 1.53 bits per heavy atom. The lowest BCUT2D eigenvalue weighted by molar-refractivity contribution is 0.197. The van der Waals surface area contributed by atoms with E-state index in [0.29, 0.717) is 19.6 Å². The highest BCUT2D eigenvalue weighted by atomic mass is 35.5. The van der Waals surface area contributed by atoms with Gasteiger partial charge in [0.05, 0.1) is 6.20 Å². The first kappa shape index (κ1) is 16.4. The standard InChI is InChI=1S/C11H15FN2O.2ClH/c1-14-7-9(12)5-10(14)8-15-11-3-2-4-13-6-11;;/h2-4,6,9-10H,5,7-8H2,1H3;2*1H. The van der Waals surface area contributed by atoms with Crippen molar-refractivity contribution < 1.29 is 9.13 Å². The van der Waals surface area contributed by atoms with Gasteiger partial charge < -0.3 is 4.74 Å². The Kier molecular flexibility index (Phi) is 7.43. The number of nitrogens with zero attached hydrogens (tertiary/aromatic N) is 2. The van der Waals surface area contributed by atoms with Gasteiger partial charge in [0.1, 0.15) is 18.5 Å². The molecule has 1 aromatic heterocycles. The zero-order valence-corrected chi connectivity index (χ0v) is 11.2. The molecule has 1 fully saturated rings. The van der Waals surface area contributed by atoms with Crippen LogP contribution in [0.3, 0.4) is 0 Å². The van der Waals surface area contributed by atoms with Crippen LogP contribution in [0, 0.1) is 0 Å². The van der Waals surface area contributed by atoms with Crippen molar-refractivity contribution in [3.05, 3.63) is 24.5 Å². The molecule has 0 N–H and O–H groups in total. The van der Waals surface area contributed by atoms with Gasteiger partial charge in [-0.2, -0.15) is 0 Å². The normalized spacial score (nSPS) is 23.6. The number of aromatic nitrogens is 1. The molecule has 17 heavy (non-hydrogen) atoms. The van der Waals surface area contributed by atoms with Crippen LogP contribution >= 0.6 is 24.8 Å². The summed E-state index contributed by atoms with van der Waals surface area (Å²) in [6.45, 7) is 1.05. The van der Waals surface area contributed by atoms with Crippen molar-refractivity contribution in [2.45, 2.75) is 18.6 Å². The van der Waals surface area contributed by atoms with E-state index in [4.69, 9.17) is 4.74 Å². The molecule has 0 radical (unpaired) electrons. The maximum atomic E-state index is 13.0. The first-order chi connectivity index (χ1) is 7.25.